The monoisotopic (exact) mass is 355 g/mol. The van der Waals surface area contributed by atoms with E-state index in [9.17, 15) is 4.79 Å². The molecule has 7 heteroatoms. The van der Waals surface area contributed by atoms with Gasteiger partial charge in [0.25, 0.3) is 0 Å². The van der Waals surface area contributed by atoms with E-state index in [2.05, 4.69) is 10.2 Å². The highest BCUT2D eigenvalue weighted by Gasteiger charge is 2.18. The fraction of sp³-hybridized carbons (Fsp3) is 0.800. The molecule has 0 aromatic rings. The summed E-state index contributed by atoms with van der Waals surface area (Å²) in [5.41, 5.74) is 5.39. The van der Waals surface area contributed by atoms with Crippen molar-refractivity contribution in [3.63, 3.8) is 0 Å². The van der Waals surface area contributed by atoms with Crippen LogP contribution in [0.4, 0.5) is 0 Å². The van der Waals surface area contributed by atoms with E-state index in [0.717, 1.165) is 39.1 Å². The number of piperazine rings is 1. The topological polar surface area (TPSA) is 85.5 Å². The van der Waals surface area contributed by atoms with Gasteiger partial charge in [0.2, 0.25) is 5.91 Å². The van der Waals surface area contributed by atoms with Crippen LogP contribution in [0, 0.1) is 5.41 Å². The van der Waals surface area contributed by atoms with Gasteiger partial charge in [-0.3, -0.25) is 15.1 Å². The zero-order chi connectivity index (χ0) is 12.0. The number of halogens is 1. The van der Waals surface area contributed by atoms with Crippen molar-refractivity contribution >= 4 is 35.8 Å². The van der Waals surface area contributed by atoms with Gasteiger partial charge >= 0.3 is 0 Å². The third-order valence-electron chi connectivity index (χ3n) is 2.65. The summed E-state index contributed by atoms with van der Waals surface area (Å²) >= 11 is 0. The molecule has 4 N–H and O–H groups in total. The standard InChI is InChI=1S/C10H21N5O.HI/c1-2-3-13-9(16)8-14-4-6-15(7-5-14)10(11)12;/h2-8H2,1H3,(H3,11,12)(H,13,16);1H. The van der Waals surface area contributed by atoms with Gasteiger partial charge in [0.05, 0.1) is 6.54 Å². The Morgan fingerprint density at radius 1 is 1.35 bits per heavy atom. The van der Waals surface area contributed by atoms with E-state index >= 15 is 0 Å². The van der Waals surface area contributed by atoms with Gasteiger partial charge in [-0.25, -0.2) is 0 Å². The number of nitrogens with two attached hydrogens (primary N) is 1. The highest BCUT2D eigenvalue weighted by molar-refractivity contribution is 14.0. The summed E-state index contributed by atoms with van der Waals surface area (Å²) in [6.07, 6.45) is 0.962. The van der Waals surface area contributed by atoms with E-state index in [0.29, 0.717) is 6.54 Å². The smallest absolute Gasteiger partial charge is 0.234 e. The number of guanidine groups is 1. The van der Waals surface area contributed by atoms with E-state index in [4.69, 9.17) is 11.1 Å². The van der Waals surface area contributed by atoms with Crippen LogP contribution in [0.5, 0.6) is 0 Å². The maximum atomic E-state index is 11.5. The number of nitrogens with zero attached hydrogens (tertiary/aromatic N) is 2. The molecule has 0 aromatic carbocycles. The van der Waals surface area contributed by atoms with E-state index in [-0.39, 0.29) is 35.8 Å². The number of rotatable bonds is 4. The van der Waals surface area contributed by atoms with E-state index in [1.165, 1.54) is 0 Å². The molecule has 1 aliphatic heterocycles. The number of carbonyl (C=O) groups is 1. The Morgan fingerprint density at radius 3 is 2.41 bits per heavy atom. The predicted molar refractivity (Wildman–Crippen MR) is 78.6 cm³/mol. The van der Waals surface area contributed by atoms with Crippen LogP contribution < -0.4 is 11.1 Å². The van der Waals surface area contributed by atoms with Gasteiger partial charge in [-0.15, -0.1) is 24.0 Å². The Kier molecular flexibility index (Phi) is 8.23. The highest BCUT2D eigenvalue weighted by Crippen LogP contribution is 1.99. The van der Waals surface area contributed by atoms with E-state index < -0.39 is 0 Å². The Labute approximate surface area is 119 Å². The van der Waals surface area contributed by atoms with Crippen molar-refractivity contribution in [2.45, 2.75) is 13.3 Å². The summed E-state index contributed by atoms with van der Waals surface area (Å²) in [5.74, 6) is 0.202. The van der Waals surface area contributed by atoms with Gasteiger partial charge in [-0.2, -0.15) is 0 Å². The van der Waals surface area contributed by atoms with E-state index in [1.54, 1.807) is 0 Å². The van der Waals surface area contributed by atoms with Crippen LogP contribution in [0.25, 0.3) is 0 Å². The molecule has 0 spiro atoms. The molecule has 1 heterocycles. The first-order valence-electron chi connectivity index (χ1n) is 5.71. The second kappa shape index (κ2) is 8.51. The molecule has 0 aromatic heterocycles. The van der Waals surface area contributed by atoms with Gasteiger partial charge in [-0.1, -0.05) is 6.92 Å². The largest absolute Gasteiger partial charge is 0.370 e. The maximum absolute atomic E-state index is 11.5. The van der Waals surface area contributed by atoms with Crippen LogP contribution in [-0.2, 0) is 4.79 Å². The molecule has 6 nitrogen and oxygen atoms in total. The number of hydrogen-bond donors (Lipinski definition) is 3. The van der Waals surface area contributed by atoms with Crippen LogP contribution in [-0.4, -0.2) is 60.9 Å². The van der Waals surface area contributed by atoms with Crippen molar-refractivity contribution in [2.75, 3.05) is 39.3 Å². The lowest BCUT2D eigenvalue weighted by Crippen LogP contribution is -2.52. The highest BCUT2D eigenvalue weighted by atomic mass is 127. The Bertz CT molecular complexity index is 253. The summed E-state index contributed by atoms with van der Waals surface area (Å²) in [5, 5.41) is 10.1. The zero-order valence-electron chi connectivity index (χ0n) is 10.2. The molecule has 100 valence electrons. The Morgan fingerprint density at radius 2 is 1.94 bits per heavy atom. The maximum Gasteiger partial charge on any atom is 0.234 e. The molecule has 1 rings (SSSR count). The summed E-state index contributed by atoms with van der Waals surface area (Å²) in [4.78, 5) is 15.4. The summed E-state index contributed by atoms with van der Waals surface area (Å²) < 4.78 is 0. The SMILES string of the molecule is CCCNC(=O)CN1CCN(C(=N)N)CC1.I. The predicted octanol–water partition coefficient (Wildman–Crippen LogP) is -0.358. The molecule has 0 saturated carbocycles. The lowest BCUT2D eigenvalue weighted by molar-refractivity contribution is -0.122. The fourth-order valence-electron chi connectivity index (χ4n) is 1.67. The minimum atomic E-state index is 0. The number of amides is 1. The molecule has 1 aliphatic rings. The average Bonchev–Trinajstić information content (AvgIpc) is 2.27. The molecule has 1 fully saturated rings. The fourth-order valence-corrected chi connectivity index (χ4v) is 1.67. The second-order valence-corrected chi connectivity index (χ2v) is 4.00. The summed E-state index contributed by atoms with van der Waals surface area (Å²) in [6.45, 7) is 6.27. The third kappa shape index (κ3) is 6.06. The Hall–Kier alpha value is -0.570. The molecular weight excluding hydrogens is 333 g/mol. The minimum Gasteiger partial charge on any atom is -0.370 e. The molecule has 0 atom stereocenters. The Balaban J connectivity index is 0.00000256. The molecular formula is C10H22IN5O. The van der Waals surface area contributed by atoms with Gasteiger partial charge in [0, 0.05) is 32.7 Å². The third-order valence-corrected chi connectivity index (χ3v) is 2.65. The van der Waals surface area contributed by atoms with Crippen molar-refractivity contribution in [3.05, 3.63) is 0 Å². The lowest BCUT2D eigenvalue weighted by Gasteiger charge is -2.34. The van der Waals surface area contributed by atoms with Gasteiger partial charge in [0.15, 0.2) is 5.96 Å². The molecule has 1 saturated heterocycles. The summed E-state index contributed by atoms with van der Waals surface area (Å²) in [7, 11) is 0. The van der Waals surface area contributed by atoms with Crippen LogP contribution in [0.2, 0.25) is 0 Å². The molecule has 17 heavy (non-hydrogen) atoms. The summed E-state index contributed by atoms with van der Waals surface area (Å²) in [6, 6.07) is 0. The number of hydrogen-bond acceptors (Lipinski definition) is 3. The quantitative estimate of drug-likeness (QED) is 0.365. The first kappa shape index (κ1) is 16.4. The van der Waals surface area contributed by atoms with Gasteiger partial charge in [-0.05, 0) is 6.42 Å². The van der Waals surface area contributed by atoms with Gasteiger partial charge < -0.3 is 16.0 Å². The molecule has 0 aliphatic carbocycles. The van der Waals surface area contributed by atoms with Crippen molar-refractivity contribution in [2.24, 2.45) is 5.73 Å². The van der Waals surface area contributed by atoms with Crippen LogP contribution in [0.15, 0.2) is 0 Å². The minimum absolute atomic E-state index is 0. The van der Waals surface area contributed by atoms with Crippen molar-refractivity contribution in [3.8, 4) is 0 Å². The van der Waals surface area contributed by atoms with E-state index in [1.807, 2.05) is 11.8 Å². The zero-order valence-corrected chi connectivity index (χ0v) is 12.6. The van der Waals surface area contributed by atoms with Crippen molar-refractivity contribution in [1.29, 1.82) is 5.41 Å². The molecule has 0 radical (unpaired) electrons. The van der Waals surface area contributed by atoms with Crippen LogP contribution >= 0.6 is 24.0 Å². The first-order valence-corrected chi connectivity index (χ1v) is 5.71. The van der Waals surface area contributed by atoms with Crippen LogP contribution in [0.1, 0.15) is 13.3 Å². The second-order valence-electron chi connectivity index (χ2n) is 4.00. The molecule has 1 amide bonds. The number of carbonyl (C=O) groups excluding carboxylic acids is 1. The van der Waals surface area contributed by atoms with Crippen molar-refractivity contribution in [1.82, 2.24) is 15.1 Å². The first-order chi connectivity index (χ1) is 7.63. The molecule has 0 bridgehead atoms. The number of nitrogens with one attached hydrogen (secondary N) is 2. The van der Waals surface area contributed by atoms with Gasteiger partial charge in [0.1, 0.15) is 0 Å². The molecule has 0 unspecified atom stereocenters. The lowest BCUT2D eigenvalue weighted by atomic mass is 10.3. The normalized spacial score (nSPS) is 16.2. The van der Waals surface area contributed by atoms with Crippen LogP contribution in [0.3, 0.4) is 0 Å². The van der Waals surface area contributed by atoms with Crippen molar-refractivity contribution < 1.29 is 4.79 Å². The average molecular weight is 355 g/mol.